The number of nitrogens with zero attached hydrogens (tertiary/aromatic N) is 2. The molecule has 0 N–H and O–H groups in total. The molecule has 0 saturated carbocycles. The smallest absolute Gasteiger partial charge is 0.292 e. The van der Waals surface area contributed by atoms with Crippen molar-refractivity contribution >= 4 is 27.3 Å². The van der Waals surface area contributed by atoms with E-state index in [0.717, 1.165) is 30.6 Å². The normalized spacial score (nSPS) is 11.2. The van der Waals surface area contributed by atoms with Crippen molar-refractivity contribution in [2.45, 2.75) is 51.9 Å². The number of benzene rings is 1. The maximum absolute atomic E-state index is 11.4. The van der Waals surface area contributed by atoms with Crippen molar-refractivity contribution in [2.75, 3.05) is 11.4 Å². The molecule has 0 aliphatic heterocycles. The van der Waals surface area contributed by atoms with Gasteiger partial charge in [0.15, 0.2) is 0 Å². The summed E-state index contributed by atoms with van der Waals surface area (Å²) in [4.78, 5) is 13.4. The Morgan fingerprint density at radius 1 is 1.29 bits per heavy atom. The Kier molecular flexibility index (Phi) is 7.15. The van der Waals surface area contributed by atoms with E-state index in [-0.39, 0.29) is 10.6 Å². The predicted molar refractivity (Wildman–Crippen MR) is 92.3 cm³/mol. The first-order chi connectivity index (χ1) is 9.94. The first-order valence-corrected chi connectivity index (χ1v) is 8.66. The average Bonchev–Trinajstić information content (AvgIpc) is 2.46. The van der Waals surface area contributed by atoms with Gasteiger partial charge in [0.1, 0.15) is 5.69 Å². The summed E-state index contributed by atoms with van der Waals surface area (Å²) in [6.07, 6.45) is 1.97. The van der Waals surface area contributed by atoms with Crippen LogP contribution < -0.4 is 4.90 Å². The van der Waals surface area contributed by atoms with Crippen molar-refractivity contribution in [1.29, 1.82) is 0 Å². The Morgan fingerprint density at radius 3 is 2.33 bits per heavy atom. The van der Waals surface area contributed by atoms with Crippen LogP contribution in [0.1, 0.15) is 46.1 Å². The van der Waals surface area contributed by atoms with Gasteiger partial charge < -0.3 is 4.90 Å². The molecule has 0 saturated heterocycles. The number of alkyl halides is 1. The van der Waals surface area contributed by atoms with Crippen molar-refractivity contribution in [3.05, 3.63) is 33.9 Å². The minimum absolute atomic E-state index is 0.208. The van der Waals surface area contributed by atoms with Gasteiger partial charge in [0.2, 0.25) is 0 Å². The summed E-state index contributed by atoms with van der Waals surface area (Å²) in [5, 5.41) is 12.1. The van der Waals surface area contributed by atoms with E-state index in [1.165, 1.54) is 0 Å². The van der Waals surface area contributed by atoms with Gasteiger partial charge in [-0.15, -0.1) is 0 Å². The molecule has 0 bridgehead atoms. The van der Waals surface area contributed by atoms with Crippen molar-refractivity contribution in [1.82, 2.24) is 0 Å². The van der Waals surface area contributed by atoms with Crippen molar-refractivity contribution in [2.24, 2.45) is 5.92 Å². The molecule has 0 aliphatic carbocycles. The largest absolute Gasteiger partial charge is 0.363 e. The molecule has 1 aromatic rings. The third kappa shape index (κ3) is 4.70. The molecular formula is C16H25BrN2O2. The van der Waals surface area contributed by atoms with E-state index in [4.69, 9.17) is 0 Å². The molecule has 4 nitrogen and oxygen atoms in total. The van der Waals surface area contributed by atoms with Crippen molar-refractivity contribution < 1.29 is 4.92 Å². The topological polar surface area (TPSA) is 46.4 Å². The predicted octanol–water partition coefficient (Wildman–Crippen LogP) is 5.14. The van der Waals surface area contributed by atoms with Crippen LogP contribution in [0.15, 0.2) is 18.2 Å². The van der Waals surface area contributed by atoms with Crippen LogP contribution in [0.3, 0.4) is 0 Å². The minimum Gasteiger partial charge on any atom is -0.363 e. The summed E-state index contributed by atoms with van der Waals surface area (Å²) >= 11 is 3.36. The Hall–Kier alpha value is -1.10. The molecule has 0 aromatic heterocycles. The molecule has 21 heavy (non-hydrogen) atoms. The molecule has 0 atom stereocenters. The van der Waals surface area contributed by atoms with E-state index < -0.39 is 0 Å². The molecule has 0 aliphatic rings. The van der Waals surface area contributed by atoms with Gasteiger partial charge in [-0.3, -0.25) is 10.1 Å². The second-order valence-electron chi connectivity index (χ2n) is 5.73. The second kappa shape index (κ2) is 8.37. The van der Waals surface area contributed by atoms with E-state index in [1.54, 1.807) is 6.07 Å². The number of nitro benzene ring substituents is 1. The van der Waals surface area contributed by atoms with Gasteiger partial charge in [-0.2, -0.15) is 0 Å². The number of anilines is 1. The van der Waals surface area contributed by atoms with Gasteiger partial charge in [-0.25, -0.2) is 0 Å². The number of halogens is 1. The van der Waals surface area contributed by atoms with E-state index >= 15 is 0 Å². The van der Waals surface area contributed by atoms with Crippen LogP contribution in [0.25, 0.3) is 0 Å². The van der Waals surface area contributed by atoms with E-state index in [9.17, 15) is 10.1 Å². The second-order valence-corrected chi connectivity index (χ2v) is 6.29. The SMILES string of the molecule is CCC(CC)N(CC(C)C)c1ccc(CBr)cc1[N+](=O)[O-]. The number of hydrogen-bond acceptors (Lipinski definition) is 3. The first kappa shape index (κ1) is 18.0. The van der Waals surface area contributed by atoms with E-state index in [2.05, 4.69) is 48.5 Å². The lowest BCUT2D eigenvalue weighted by molar-refractivity contribution is -0.384. The number of rotatable bonds is 8. The highest BCUT2D eigenvalue weighted by Gasteiger charge is 2.24. The Balaban J connectivity index is 3.31. The molecular weight excluding hydrogens is 332 g/mol. The molecule has 0 amide bonds. The minimum atomic E-state index is -0.267. The average molecular weight is 357 g/mol. The van der Waals surface area contributed by atoms with Crippen molar-refractivity contribution in [3.8, 4) is 0 Å². The lowest BCUT2D eigenvalue weighted by Gasteiger charge is -2.33. The zero-order valence-electron chi connectivity index (χ0n) is 13.3. The highest BCUT2D eigenvalue weighted by atomic mass is 79.9. The monoisotopic (exact) mass is 356 g/mol. The highest BCUT2D eigenvalue weighted by molar-refractivity contribution is 9.08. The number of hydrogen-bond donors (Lipinski definition) is 0. The third-order valence-electron chi connectivity index (χ3n) is 3.65. The van der Waals surface area contributed by atoms with Gasteiger partial charge in [-0.1, -0.05) is 49.7 Å². The molecule has 0 fully saturated rings. The van der Waals surface area contributed by atoms with Crippen LogP contribution in [-0.2, 0) is 5.33 Å². The molecule has 1 rings (SSSR count). The summed E-state index contributed by atoms with van der Waals surface area (Å²) in [5.74, 6) is 0.459. The lowest BCUT2D eigenvalue weighted by Crippen LogP contribution is -2.37. The highest BCUT2D eigenvalue weighted by Crippen LogP contribution is 2.33. The molecule has 118 valence electrons. The maximum Gasteiger partial charge on any atom is 0.292 e. The van der Waals surface area contributed by atoms with E-state index in [1.807, 2.05) is 12.1 Å². The van der Waals surface area contributed by atoms with Crippen LogP contribution in [-0.4, -0.2) is 17.5 Å². The van der Waals surface area contributed by atoms with Crippen LogP contribution in [0, 0.1) is 16.0 Å². The summed E-state index contributed by atoms with van der Waals surface area (Å²) in [7, 11) is 0. The quantitative estimate of drug-likeness (QED) is 0.368. The third-order valence-corrected chi connectivity index (χ3v) is 4.29. The summed E-state index contributed by atoms with van der Waals surface area (Å²) < 4.78 is 0. The zero-order valence-corrected chi connectivity index (χ0v) is 14.9. The Labute approximate surface area is 135 Å². The van der Waals surface area contributed by atoms with Gasteiger partial charge in [0.25, 0.3) is 5.69 Å². The van der Waals surface area contributed by atoms with Gasteiger partial charge in [0.05, 0.1) is 4.92 Å². The fraction of sp³-hybridized carbons (Fsp3) is 0.625. The van der Waals surface area contributed by atoms with Gasteiger partial charge >= 0.3 is 0 Å². The lowest BCUT2D eigenvalue weighted by atomic mass is 10.0. The number of nitro groups is 1. The van der Waals surface area contributed by atoms with Crippen LogP contribution in [0.2, 0.25) is 0 Å². The first-order valence-electron chi connectivity index (χ1n) is 7.54. The summed E-state index contributed by atoms with van der Waals surface area (Å²) in [5.41, 5.74) is 1.88. The summed E-state index contributed by atoms with van der Waals surface area (Å²) in [6.45, 7) is 9.41. The molecule has 5 heteroatoms. The molecule has 0 radical (unpaired) electrons. The molecule has 0 spiro atoms. The fourth-order valence-corrected chi connectivity index (χ4v) is 2.96. The van der Waals surface area contributed by atoms with Crippen LogP contribution >= 0.6 is 15.9 Å². The van der Waals surface area contributed by atoms with Gasteiger partial charge in [-0.05, 0) is 30.4 Å². The fourth-order valence-electron chi connectivity index (χ4n) is 2.61. The van der Waals surface area contributed by atoms with Crippen LogP contribution in [0.5, 0.6) is 0 Å². The zero-order chi connectivity index (χ0) is 16.0. The Bertz CT molecular complexity index is 473. The van der Waals surface area contributed by atoms with E-state index in [0.29, 0.717) is 17.3 Å². The molecule has 1 aromatic carbocycles. The Morgan fingerprint density at radius 2 is 1.90 bits per heavy atom. The molecule has 0 heterocycles. The summed E-state index contributed by atoms with van der Waals surface area (Å²) in [6, 6.07) is 5.88. The molecule has 0 unspecified atom stereocenters. The van der Waals surface area contributed by atoms with Gasteiger partial charge in [0, 0.05) is 24.0 Å². The van der Waals surface area contributed by atoms with Crippen molar-refractivity contribution in [3.63, 3.8) is 0 Å². The maximum atomic E-state index is 11.4. The van der Waals surface area contributed by atoms with Crippen LogP contribution in [0.4, 0.5) is 11.4 Å². The standard InChI is InChI=1S/C16H25BrN2O2/c1-5-14(6-2)18(11-12(3)4)15-8-7-13(10-17)9-16(15)19(20)21/h7-9,12,14H,5-6,10-11H2,1-4H3.